The molecule has 4 rings (SSSR count). The number of sulfonamides is 1. The van der Waals surface area contributed by atoms with Gasteiger partial charge in [-0.2, -0.15) is 13.2 Å². The number of carbonyl (C=O) groups is 1. The SMILES string of the molecule is CCCS(=O)(=O)Nc1ccc(F)c(C(=O)Nc2cnc3[nH]cc(-c4cccc(C(F)(F)F)c4)c3c2)c1F. The van der Waals surface area contributed by atoms with E-state index in [4.69, 9.17) is 0 Å². The van der Waals surface area contributed by atoms with Crippen LogP contribution < -0.4 is 10.0 Å². The summed E-state index contributed by atoms with van der Waals surface area (Å²) in [5, 5.41) is 2.65. The Hall–Kier alpha value is -4.00. The number of benzene rings is 2. The number of carbonyl (C=O) groups excluding carboxylic acids is 1. The van der Waals surface area contributed by atoms with Crippen LogP contribution >= 0.6 is 0 Å². The van der Waals surface area contributed by atoms with Crippen LogP contribution in [-0.2, 0) is 16.2 Å². The number of rotatable bonds is 7. The number of fused-ring (bicyclic) bond motifs is 1. The predicted molar refractivity (Wildman–Crippen MR) is 129 cm³/mol. The number of nitrogens with zero attached hydrogens (tertiary/aromatic N) is 1. The molecule has 3 N–H and O–H groups in total. The molecule has 7 nitrogen and oxygen atoms in total. The van der Waals surface area contributed by atoms with E-state index in [2.05, 4.69) is 15.3 Å². The van der Waals surface area contributed by atoms with Crippen LogP contribution in [0.15, 0.2) is 54.9 Å². The Morgan fingerprint density at radius 1 is 1.11 bits per heavy atom. The number of aromatic nitrogens is 2. The van der Waals surface area contributed by atoms with Gasteiger partial charge in [-0.15, -0.1) is 0 Å². The summed E-state index contributed by atoms with van der Waals surface area (Å²) in [4.78, 5) is 19.7. The molecule has 4 aromatic rings. The Labute approximate surface area is 207 Å². The molecular weight excluding hydrogens is 519 g/mol. The maximum Gasteiger partial charge on any atom is 0.416 e. The molecule has 0 saturated carbocycles. The highest BCUT2D eigenvalue weighted by Gasteiger charge is 2.30. The lowest BCUT2D eigenvalue weighted by Crippen LogP contribution is -2.20. The van der Waals surface area contributed by atoms with E-state index in [1.54, 1.807) is 6.92 Å². The smallest absolute Gasteiger partial charge is 0.346 e. The molecule has 1 amide bonds. The van der Waals surface area contributed by atoms with Crippen molar-refractivity contribution in [1.82, 2.24) is 9.97 Å². The van der Waals surface area contributed by atoms with E-state index in [9.17, 15) is 35.2 Å². The summed E-state index contributed by atoms with van der Waals surface area (Å²) in [5.74, 6) is -4.16. The first-order chi connectivity index (χ1) is 17.4. The number of halogens is 5. The lowest BCUT2D eigenvalue weighted by atomic mass is 10.0. The lowest BCUT2D eigenvalue weighted by molar-refractivity contribution is -0.137. The van der Waals surface area contributed by atoms with Crippen molar-refractivity contribution in [1.29, 1.82) is 0 Å². The minimum atomic E-state index is -4.55. The van der Waals surface area contributed by atoms with Gasteiger partial charge in [0.2, 0.25) is 10.0 Å². The quantitative estimate of drug-likeness (QED) is 0.254. The number of hydrogen-bond donors (Lipinski definition) is 3. The van der Waals surface area contributed by atoms with Gasteiger partial charge in [-0.1, -0.05) is 19.1 Å². The van der Waals surface area contributed by atoms with Crippen molar-refractivity contribution >= 4 is 38.3 Å². The number of alkyl halides is 3. The molecule has 2 aromatic heterocycles. The van der Waals surface area contributed by atoms with Crippen LogP contribution in [0, 0.1) is 11.6 Å². The van der Waals surface area contributed by atoms with Gasteiger partial charge in [-0.25, -0.2) is 22.2 Å². The van der Waals surface area contributed by atoms with Crippen molar-refractivity contribution in [3.05, 3.63) is 77.6 Å². The second kappa shape index (κ2) is 9.81. The first-order valence-electron chi connectivity index (χ1n) is 10.8. The molecular formula is C24H19F5N4O3S. The zero-order valence-corrected chi connectivity index (χ0v) is 19.9. The molecule has 0 spiro atoms. The topological polar surface area (TPSA) is 104 Å². The van der Waals surface area contributed by atoms with Gasteiger partial charge in [0, 0.05) is 17.1 Å². The van der Waals surface area contributed by atoms with Crippen LogP contribution in [0.1, 0.15) is 29.3 Å². The lowest BCUT2D eigenvalue weighted by Gasteiger charge is -2.12. The van der Waals surface area contributed by atoms with Crippen LogP contribution in [0.2, 0.25) is 0 Å². The Bertz CT molecular complexity index is 1600. The van der Waals surface area contributed by atoms with E-state index in [1.807, 2.05) is 4.72 Å². The molecule has 0 saturated heterocycles. The average molecular weight is 538 g/mol. The number of H-pyrrole nitrogens is 1. The van der Waals surface area contributed by atoms with Gasteiger partial charge >= 0.3 is 6.18 Å². The van der Waals surface area contributed by atoms with Gasteiger partial charge in [0.05, 0.1) is 28.9 Å². The fraction of sp³-hybridized carbons (Fsp3) is 0.167. The number of amides is 1. The number of aromatic amines is 1. The Morgan fingerprint density at radius 3 is 2.57 bits per heavy atom. The molecule has 13 heteroatoms. The number of nitrogens with one attached hydrogen (secondary N) is 3. The summed E-state index contributed by atoms with van der Waals surface area (Å²) in [6.07, 6.45) is -1.66. The molecule has 0 radical (unpaired) electrons. The third kappa shape index (κ3) is 5.56. The maximum absolute atomic E-state index is 14.9. The Balaban J connectivity index is 1.67. The van der Waals surface area contributed by atoms with Crippen LogP contribution in [0.4, 0.5) is 33.3 Å². The molecule has 0 bridgehead atoms. The summed E-state index contributed by atoms with van der Waals surface area (Å²) < 4.78 is 94.7. The van der Waals surface area contributed by atoms with Crippen LogP contribution in [0.5, 0.6) is 0 Å². The van der Waals surface area contributed by atoms with E-state index in [-0.39, 0.29) is 23.4 Å². The van der Waals surface area contributed by atoms with E-state index in [0.717, 1.165) is 24.3 Å². The van der Waals surface area contributed by atoms with Gasteiger partial charge in [-0.05, 0) is 42.3 Å². The summed E-state index contributed by atoms with van der Waals surface area (Å²) in [7, 11) is -3.91. The Morgan fingerprint density at radius 2 is 1.86 bits per heavy atom. The van der Waals surface area contributed by atoms with Crippen molar-refractivity contribution in [2.24, 2.45) is 0 Å². The number of hydrogen-bond acceptors (Lipinski definition) is 4. The largest absolute Gasteiger partial charge is 0.416 e. The third-order valence-electron chi connectivity index (χ3n) is 5.35. The zero-order chi connectivity index (χ0) is 27.0. The number of pyridine rings is 1. The van der Waals surface area contributed by atoms with E-state index in [1.165, 1.54) is 30.6 Å². The molecule has 0 atom stereocenters. The molecule has 0 fully saturated rings. The Kier molecular flexibility index (Phi) is 6.91. The van der Waals surface area contributed by atoms with Gasteiger partial charge in [0.1, 0.15) is 17.0 Å². The molecule has 2 aromatic carbocycles. The summed E-state index contributed by atoms with van der Waals surface area (Å²) in [6, 6.07) is 7.62. The highest BCUT2D eigenvalue weighted by atomic mass is 32.2. The van der Waals surface area contributed by atoms with Gasteiger partial charge in [-0.3, -0.25) is 9.52 Å². The first-order valence-corrected chi connectivity index (χ1v) is 12.5. The fourth-order valence-electron chi connectivity index (χ4n) is 3.69. The predicted octanol–water partition coefficient (Wildman–Crippen LogP) is 5.93. The molecule has 0 aliphatic carbocycles. The first kappa shape index (κ1) is 26.1. The maximum atomic E-state index is 14.9. The molecule has 194 valence electrons. The van der Waals surface area contributed by atoms with E-state index < -0.39 is 50.6 Å². The van der Waals surface area contributed by atoms with Gasteiger partial charge < -0.3 is 10.3 Å². The van der Waals surface area contributed by atoms with Crippen LogP contribution in [0.3, 0.4) is 0 Å². The zero-order valence-electron chi connectivity index (χ0n) is 19.1. The second-order valence-corrected chi connectivity index (χ2v) is 9.90. The summed E-state index contributed by atoms with van der Waals surface area (Å²) in [5.41, 5.74) is -1.58. The third-order valence-corrected chi connectivity index (χ3v) is 6.82. The standard InChI is InChI=1S/C24H19F5N4O3S/c1-2-8-37(35,36)33-19-7-6-18(25)20(21(19)26)23(34)32-15-10-16-17(12-31-22(16)30-11-15)13-4-3-5-14(9-13)24(27,28)29/h3-7,9-12,33H,2,8H2,1H3,(H,30,31)(H,32,34). The van der Waals surface area contributed by atoms with Crippen molar-refractivity contribution in [3.63, 3.8) is 0 Å². The van der Waals surface area contributed by atoms with Crippen molar-refractivity contribution < 1.29 is 35.2 Å². The minimum absolute atomic E-state index is 0.00101. The summed E-state index contributed by atoms with van der Waals surface area (Å²) >= 11 is 0. The highest BCUT2D eigenvalue weighted by Crippen LogP contribution is 2.35. The molecule has 37 heavy (non-hydrogen) atoms. The minimum Gasteiger partial charge on any atom is -0.346 e. The molecule has 0 aliphatic heterocycles. The van der Waals surface area contributed by atoms with Crippen molar-refractivity contribution in [2.45, 2.75) is 19.5 Å². The average Bonchev–Trinajstić information content (AvgIpc) is 3.24. The van der Waals surface area contributed by atoms with Crippen molar-refractivity contribution in [3.8, 4) is 11.1 Å². The molecule has 0 aliphatic rings. The second-order valence-electron chi connectivity index (χ2n) is 8.06. The highest BCUT2D eigenvalue weighted by molar-refractivity contribution is 7.92. The van der Waals surface area contributed by atoms with Crippen molar-refractivity contribution in [2.75, 3.05) is 15.8 Å². The normalized spacial score (nSPS) is 12.1. The monoisotopic (exact) mass is 538 g/mol. The number of anilines is 2. The van der Waals surface area contributed by atoms with Gasteiger partial charge in [0.15, 0.2) is 5.82 Å². The van der Waals surface area contributed by atoms with Gasteiger partial charge in [0.25, 0.3) is 5.91 Å². The van der Waals surface area contributed by atoms with E-state index in [0.29, 0.717) is 16.6 Å². The summed E-state index contributed by atoms with van der Waals surface area (Å²) in [6.45, 7) is 1.60. The molecule has 2 heterocycles. The van der Waals surface area contributed by atoms with E-state index >= 15 is 0 Å². The van der Waals surface area contributed by atoms with Crippen LogP contribution in [0.25, 0.3) is 22.2 Å². The molecule has 0 unspecified atom stereocenters. The van der Waals surface area contributed by atoms with Crippen LogP contribution in [-0.4, -0.2) is 30.0 Å². The fourth-order valence-corrected chi connectivity index (χ4v) is 4.83.